The molecule has 1 aromatic carbocycles. The van der Waals surface area contributed by atoms with Crippen LogP contribution in [0.15, 0.2) is 35.4 Å². The fraction of sp³-hybridized carbons (Fsp3) is 0.133. The van der Waals surface area contributed by atoms with Crippen LogP contribution >= 0.6 is 11.6 Å². The molecule has 5 nitrogen and oxygen atoms in total. The molecule has 21 heavy (non-hydrogen) atoms. The summed E-state index contributed by atoms with van der Waals surface area (Å²) in [7, 11) is 0. The molecule has 1 N–H and O–H groups in total. The molecule has 0 bridgehead atoms. The first-order chi connectivity index (χ1) is 10.1. The molecule has 0 unspecified atom stereocenters. The van der Waals surface area contributed by atoms with Gasteiger partial charge in [-0.2, -0.15) is 0 Å². The van der Waals surface area contributed by atoms with E-state index in [4.69, 9.17) is 16.3 Å². The van der Waals surface area contributed by atoms with Gasteiger partial charge in [0.1, 0.15) is 5.56 Å². The number of aromatic amines is 1. The van der Waals surface area contributed by atoms with E-state index in [1.165, 1.54) is 6.20 Å². The lowest BCUT2D eigenvalue weighted by Crippen LogP contribution is -2.18. The van der Waals surface area contributed by atoms with Gasteiger partial charge in [0.15, 0.2) is 0 Å². The Morgan fingerprint density at radius 1 is 1.48 bits per heavy atom. The summed E-state index contributed by atoms with van der Waals surface area (Å²) in [4.78, 5) is 31.5. The van der Waals surface area contributed by atoms with Gasteiger partial charge in [-0.05, 0) is 19.1 Å². The number of esters is 1. The summed E-state index contributed by atoms with van der Waals surface area (Å²) < 4.78 is 4.87. The summed E-state index contributed by atoms with van der Waals surface area (Å²) in [5, 5.41) is 1.33. The number of rotatable bonds is 2. The number of benzene rings is 1. The van der Waals surface area contributed by atoms with Gasteiger partial charge in [0.2, 0.25) is 5.43 Å². The highest BCUT2D eigenvalue weighted by atomic mass is 35.5. The second-order valence-electron chi connectivity index (χ2n) is 4.44. The van der Waals surface area contributed by atoms with Gasteiger partial charge >= 0.3 is 5.97 Å². The Balaban J connectivity index is 2.39. The van der Waals surface area contributed by atoms with Gasteiger partial charge in [0.25, 0.3) is 0 Å². The number of carbonyl (C=O) groups excluding carboxylic acids is 1. The van der Waals surface area contributed by atoms with Crippen molar-refractivity contribution >= 4 is 39.4 Å². The van der Waals surface area contributed by atoms with E-state index in [1.807, 2.05) is 6.07 Å². The van der Waals surface area contributed by atoms with Crippen molar-refractivity contribution in [1.82, 2.24) is 9.97 Å². The molecule has 0 radical (unpaired) electrons. The number of halogens is 1. The van der Waals surface area contributed by atoms with Crippen LogP contribution in [-0.2, 0) is 4.74 Å². The van der Waals surface area contributed by atoms with Crippen molar-refractivity contribution in [1.29, 1.82) is 0 Å². The third-order valence-electron chi connectivity index (χ3n) is 3.17. The minimum atomic E-state index is -0.669. The molecule has 0 aliphatic carbocycles. The Kier molecular flexibility index (Phi) is 3.35. The average Bonchev–Trinajstić information content (AvgIpc) is 2.47. The Bertz CT molecular complexity index is 918. The maximum atomic E-state index is 12.5. The largest absolute Gasteiger partial charge is 0.462 e. The lowest BCUT2D eigenvalue weighted by atomic mass is 10.1. The van der Waals surface area contributed by atoms with Crippen LogP contribution in [0.1, 0.15) is 17.3 Å². The van der Waals surface area contributed by atoms with E-state index in [0.29, 0.717) is 11.0 Å². The zero-order valence-electron chi connectivity index (χ0n) is 11.1. The highest BCUT2D eigenvalue weighted by Gasteiger charge is 2.17. The normalized spacial score (nSPS) is 11.0. The number of aromatic nitrogens is 2. The van der Waals surface area contributed by atoms with Crippen LogP contribution < -0.4 is 5.43 Å². The molecule has 0 aliphatic heterocycles. The molecule has 0 saturated heterocycles. The maximum absolute atomic E-state index is 12.5. The first-order valence-corrected chi connectivity index (χ1v) is 6.77. The van der Waals surface area contributed by atoms with Crippen LogP contribution in [0, 0.1) is 0 Å². The van der Waals surface area contributed by atoms with E-state index >= 15 is 0 Å². The van der Waals surface area contributed by atoms with Gasteiger partial charge in [-0.25, -0.2) is 4.79 Å². The molecule has 0 fully saturated rings. The maximum Gasteiger partial charge on any atom is 0.343 e. The molecule has 3 aromatic rings. The molecule has 0 spiro atoms. The molecule has 6 heteroatoms. The van der Waals surface area contributed by atoms with E-state index in [2.05, 4.69) is 9.97 Å². The summed E-state index contributed by atoms with van der Waals surface area (Å²) in [6.45, 7) is 1.88. The average molecular weight is 303 g/mol. The highest BCUT2D eigenvalue weighted by Crippen LogP contribution is 2.27. The van der Waals surface area contributed by atoms with E-state index < -0.39 is 11.4 Å². The van der Waals surface area contributed by atoms with Gasteiger partial charge in [0, 0.05) is 17.8 Å². The number of H-pyrrole nitrogens is 1. The molecule has 0 saturated carbocycles. The summed E-state index contributed by atoms with van der Waals surface area (Å²) >= 11 is 6.20. The van der Waals surface area contributed by atoms with Crippen LogP contribution in [-0.4, -0.2) is 22.5 Å². The van der Waals surface area contributed by atoms with Crippen molar-refractivity contribution in [3.8, 4) is 0 Å². The van der Waals surface area contributed by atoms with Crippen molar-refractivity contribution in [3.05, 3.63) is 51.4 Å². The zero-order chi connectivity index (χ0) is 15.0. The van der Waals surface area contributed by atoms with E-state index in [-0.39, 0.29) is 22.6 Å². The third kappa shape index (κ3) is 2.15. The Morgan fingerprint density at radius 2 is 2.29 bits per heavy atom. The Labute approximate surface area is 124 Å². The minimum absolute atomic E-state index is 0.0680. The fourth-order valence-corrected chi connectivity index (χ4v) is 2.56. The molecule has 2 aromatic heterocycles. The summed E-state index contributed by atoms with van der Waals surface area (Å²) in [6.07, 6.45) is 2.97. The second kappa shape index (κ2) is 5.18. The number of fused-ring (bicyclic) bond motifs is 3. The van der Waals surface area contributed by atoms with Crippen molar-refractivity contribution in [2.24, 2.45) is 0 Å². The molecule has 0 atom stereocenters. The summed E-state index contributed by atoms with van der Waals surface area (Å²) in [5.41, 5.74) is 0.613. The van der Waals surface area contributed by atoms with Gasteiger partial charge in [-0.3, -0.25) is 9.78 Å². The van der Waals surface area contributed by atoms with Crippen molar-refractivity contribution in [3.63, 3.8) is 0 Å². The van der Waals surface area contributed by atoms with Crippen LogP contribution in [0.3, 0.4) is 0 Å². The Hall–Kier alpha value is -2.40. The lowest BCUT2D eigenvalue weighted by Gasteiger charge is -2.07. The number of hydrogen-bond acceptors (Lipinski definition) is 4. The molecule has 0 aliphatic rings. The van der Waals surface area contributed by atoms with Gasteiger partial charge < -0.3 is 9.72 Å². The van der Waals surface area contributed by atoms with Crippen LogP contribution in [0.4, 0.5) is 0 Å². The van der Waals surface area contributed by atoms with Crippen molar-refractivity contribution < 1.29 is 9.53 Å². The molecular formula is C15H11ClN2O3. The van der Waals surface area contributed by atoms with Gasteiger partial charge in [0.05, 0.1) is 28.0 Å². The minimum Gasteiger partial charge on any atom is -0.462 e. The zero-order valence-corrected chi connectivity index (χ0v) is 11.9. The van der Waals surface area contributed by atoms with E-state index in [0.717, 1.165) is 5.39 Å². The third-order valence-corrected chi connectivity index (χ3v) is 3.47. The van der Waals surface area contributed by atoms with Crippen LogP contribution in [0.2, 0.25) is 5.02 Å². The predicted molar refractivity (Wildman–Crippen MR) is 80.8 cm³/mol. The number of carbonyl (C=O) groups is 1. The number of nitrogens with one attached hydrogen (secondary N) is 1. The van der Waals surface area contributed by atoms with Crippen molar-refractivity contribution in [2.75, 3.05) is 6.61 Å². The van der Waals surface area contributed by atoms with Gasteiger partial charge in [-0.15, -0.1) is 0 Å². The smallest absolute Gasteiger partial charge is 0.343 e. The summed E-state index contributed by atoms with van der Waals surface area (Å²) in [6, 6.07) is 5.30. The van der Waals surface area contributed by atoms with Crippen molar-refractivity contribution in [2.45, 2.75) is 6.92 Å². The number of ether oxygens (including phenoxy) is 1. The molecule has 2 heterocycles. The number of nitrogens with zero attached hydrogens (tertiary/aromatic N) is 1. The Morgan fingerprint density at radius 3 is 3.05 bits per heavy atom. The number of pyridine rings is 2. The molecular weight excluding hydrogens is 292 g/mol. The molecule has 3 rings (SSSR count). The first-order valence-electron chi connectivity index (χ1n) is 6.39. The topological polar surface area (TPSA) is 72.1 Å². The van der Waals surface area contributed by atoms with Crippen LogP contribution in [0.5, 0.6) is 0 Å². The monoisotopic (exact) mass is 302 g/mol. The second-order valence-corrected chi connectivity index (χ2v) is 4.84. The lowest BCUT2D eigenvalue weighted by molar-refractivity contribution is 0.0524. The highest BCUT2D eigenvalue weighted by molar-refractivity contribution is 6.37. The fourth-order valence-electron chi connectivity index (χ4n) is 2.26. The first kappa shape index (κ1) is 13.6. The standard InChI is InChI=1S/C15H11ClN2O3/c1-2-21-15(20)9-7-18-13-11(14(9)19)10(16)6-8-4-3-5-17-12(8)13/h3-7H,2H2,1H3,(H,18,19). The quantitative estimate of drug-likeness (QED) is 0.583. The van der Waals surface area contributed by atoms with E-state index in [9.17, 15) is 9.59 Å². The van der Waals surface area contributed by atoms with Crippen LogP contribution in [0.25, 0.3) is 21.8 Å². The predicted octanol–water partition coefficient (Wildman–Crippen LogP) is 2.91. The SMILES string of the molecule is CCOC(=O)c1c[nH]c2c(c(Cl)cc3cccnc32)c1=O. The molecule has 0 amide bonds. The summed E-state index contributed by atoms with van der Waals surface area (Å²) in [5.74, 6) is -0.669. The molecule has 106 valence electrons. The van der Waals surface area contributed by atoms with E-state index in [1.54, 1.807) is 25.3 Å². The number of hydrogen-bond donors (Lipinski definition) is 1. The van der Waals surface area contributed by atoms with Gasteiger partial charge in [-0.1, -0.05) is 17.7 Å².